The van der Waals surface area contributed by atoms with Crippen LogP contribution in [-0.4, -0.2) is 4.57 Å². The van der Waals surface area contributed by atoms with Crippen LogP contribution in [0.3, 0.4) is 0 Å². The summed E-state index contributed by atoms with van der Waals surface area (Å²) in [7, 11) is 0. The monoisotopic (exact) mass is 270 g/mol. The molecule has 2 N–H and O–H groups in total. The zero-order valence-corrected chi connectivity index (χ0v) is 12.6. The lowest BCUT2D eigenvalue weighted by molar-refractivity contribution is 0.570. The lowest BCUT2D eigenvalue weighted by Gasteiger charge is -2.18. The van der Waals surface area contributed by atoms with Gasteiger partial charge < -0.3 is 10.3 Å². The second-order valence-corrected chi connectivity index (χ2v) is 5.61. The number of aromatic nitrogens is 1. The van der Waals surface area contributed by atoms with Crippen LogP contribution in [0.5, 0.6) is 0 Å². The maximum absolute atomic E-state index is 12.5. The number of benzene rings is 1. The van der Waals surface area contributed by atoms with Crippen LogP contribution in [0.2, 0.25) is 0 Å². The zero-order chi connectivity index (χ0) is 14.9. The smallest absolute Gasteiger partial charge is 0.255 e. The second-order valence-electron chi connectivity index (χ2n) is 5.61. The van der Waals surface area contributed by atoms with E-state index in [4.69, 9.17) is 5.73 Å². The van der Waals surface area contributed by atoms with E-state index in [1.165, 1.54) is 0 Å². The summed E-state index contributed by atoms with van der Waals surface area (Å²) < 4.78 is 1.72. The highest BCUT2D eigenvalue weighted by Crippen LogP contribution is 2.22. The Hall–Kier alpha value is -1.87. The molecular weight excluding hydrogens is 248 g/mol. The summed E-state index contributed by atoms with van der Waals surface area (Å²) in [5.41, 5.74) is 10.3. The molecule has 0 spiro atoms. The Morgan fingerprint density at radius 1 is 1.10 bits per heavy atom. The minimum absolute atomic E-state index is 0.00379. The Morgan fingerprint density at radius 2 is 1.80 bits per heavy atom. The van der Waals surface area contributed by atoms with Crippen LogP contribution in [-0.2, 0) is 0 Å². The van der Waals surface area contributed by atoms with E-state index in [0.29, 0.717) is 5.56 Å². The molecule has 3 nitrogen and oxygen atoms in total. The Balaban J connectivity index is 2.54. The third-order valence-corrected chi connectivity index (χ3v) is 3.67. The molecule has 1 aromatic carbocycles. The van der Waals surface area contributed by atoms with E-state index in [2.05, 4.69) is 18.2 Å². The predicted molar refractivity (Wildman–Crippen MR) is 83.0 cm³/mol. The SMILES string of the molecule is Cc1ccc(C)c(C(N)c2cccn(C(C)C)c2=O)c1. The first-order valence-electron chi connectivity index (χ1n) is 6.95. The van der Waals surface area contributed by atoms with Crippen molar-refractivity contribution in [2.45, 2.75) is 39.8 Å². The van der Waals surface area contributed by atoms with Gasteiger partial charge in [-0.2, -0.15) is 0 Å². The van der Waals surface area contributed by atoms with E-state index in [9.17, 15) is 4.79 Å². The van der Waals surface area contributed by atoms with Crippen molar-refractivity contribution in [2.24, 2.45) is 5.73 Å². The second kappa shape index (κ2) is 5.63. The standard InChI is InChI=1S/C17H22N2O/c1-11(2)19-9-5-6-14(17(19)20)16(18)15-10-12(3)7-8-13(15)4/h5-11,16H,18H2,1-4H3. The van der Waals surface area contributed by atoms with Crippen molar-refractivity contribution >= 4 is 0 Å². The molecule has 1 heterocycles. The number of pyridine rings is 1. The van der Waals surface area contributed by atoms with Gasteiger partial charge in [-0.25, -0.2) is 0 Å². The molecule has 1 atom stereocenters. The molecule has 0 saturated heterocycles. The van der Waals surface area contributed by atoms with E-state index < -0.39 is 0 Å². The van der Waals surface area contributed by atoms with E-state index in [1.54, 1.807) is 4.57 Å². The van der Waals surface area contributed by atoms with Crippen LogP contribution in [0.4, 0.5) is 0 Å². The molecule has 1 unspecified atom stereocenters. The van der Waals surface area contributed by atoms with Gasteiger partial charge in [0.05, 0.1) is 6.04 Å². The Labute approximate surface area is 120 Å². The summed E-state index contributed by atoms with van der Waals surface area (Å²) in [5.74, 6) is 0. The van der Waals surface area contributed by atoms with E-state index in [-0.39, 0.29) is 17.6 Å². The molecule has 0 fully saturated rings. The first-order chi connectivity index (χ1) is 9.41. The molecule has 20 heavy (non-hydrogen) atoms. The largest absolute Gasteiger partial charge is 0.320 e. The van der Waals surface area contributed by atoms with Crippen molar-refractivity contribution < 1.29 is 0 Å². The predicted octanol–water partition coefficient (Wildman–Crippen LogP) is 3.09. The number of hydrogen-bond acceptors (Lipinski definition) is 2. The fraction of sp³-hybridized carbons (Fsp3) is 0.353. The van der Waals surface area contributed by atoms with Crippen molar-refractivity contribution in [3.05, 3.63) is 69.1 Å². The first-order valence-corrected chi connectivity index (χ1v) is 6.95. The highest BCUT2D eigenvalue weighted by atomic mass is 16.1. The number of rotatable bonds is 3. The van der Waals surface area contributed by atoms with Gasteiger partial charge in [0.1, 0.15) is 0 Å². The molecular formula is C17H22N2O. The summed E-state index contributed by atoms with van der Waals surface area (Å²) >= 11 is 0. The molecule has 0 amide bonds. The summed E-state index contributed by atoms with van der Waals surface area (Å²) in [4.78, 5) is 12.5. The lowest BCUT2D eigenvalue weighted by Crippen LogP contribution is -2.29. The average Bonchev–Trinajstić information content (AvgIpc) is 2.40. The maximum atomic E-state index is 12.5. The van der Waals surface area contributed by atoms with Crippen molar-refractivity contribution in [3.63, 3.8) is 0 Å². The van der Waals surface area contributed by atoms with Gasteiger partial charge in [0.15, 0.2) is 0 Å². The molecule has 0 aliphatic heterocycles. The van der Waals surface area contributed by atoms with Gasteiger partial charge in [0.2, 0.25) is 0 Å². The molecule has 2 aromatic rings. The third-order valence-electron chi connectivity index (χ3n) is 3.67. The Kier molecular flexibility index (Phi) is 4.09. The molecule has 0 saturated carbocycles. The Bertz CT molecular complexity index is 671. The average molecular weight is 270 g/mol. The highest BCUT2D eigenvalue weighted by Gasteiger charge is 2.16. The number of nitrogens with two attached hydrogens (primary N) is 1. The first kappa shape index (κ1) is 14.5. The zero-order valence-electron chi connectivity index (χ0n) is 12.6. The van der Waals surface area contributed by atoms with Crippen molar-refractivity contribution in [1.82, 2.24) is 4.57 Å². The highest BCUT2D eigenvalue weighted by molar-refractivity contribution is 5.38. The van der Waals surface area contributed by atoms with E-state index in [1.807, 2.05) is 46.0 Å². The molecule has 106 valence electrons. The van der Waals surface area contributed by atoms with E-state index in [0.717, 1.165) is 16.7 Å². The number of aryl methyl sites for hydroxylation is 2. The molecule has 0 aliphatic rings. The lowest BCUT2D eigenvalue weighted by atomic mass is 9.95. The quantitative estimate of drug-likeness (QED) is 0.931. The van der Waals surface area contributed by atoms with E-state index >= 15 is 0 Å². The van der Waals surface area contributed by atoms with Gasteiger partial charge in [-0.05, 0) is 44.9 Å². The fourth-order valence-corrected chi connectivity index (χ4v) is 2.43. The molecule has 0 radical (unpaired) electrons. The van der Waals surface area contributed by atoms with Gasteiger partial charge in [-0.1, -0.05) is 29.8 Å². The van der Waals surface area contributed by atoms with Crippen molar-refractivity contribution in [3.8, 4) is 0 Å². The summed E-state index contributed by atoms with van der Waals surface area (Å²) in [5, 5.41) is 0. The van der Waals surface area contributed by atoms with Crippen molar-refractivity contribution in [1.29, 1.82) is 0 Å². The van der Waals surface area contributed by atoms with Crippen LogP contribution in [0.15, 0.2) is 41.3 Å². The van der Waals surface area contributed by atoms with Crippen LogP contribution < -0.4 is 11.3 Å². The van der Waals surface area contributed by atoms with Gasteiger partial charge in [0, 0.05) is 17.8 Å². The Morgan fingerprint density at radius 3 is 2.45 bits per heavy atom. The topological polar surface area (TPSA) is 48.0 Å². The van der Waals surface area contributed by atoms with Gasteiger partial charge in [-0.3, -0.25) is 4.79 Å². The normalized spacial score (nSPS) is 12.7. The fourth-order valence-electron chi connectivity index (χ4n) is 2.43. The minimum Gasteiger partial charge on any atom is -0.320 e. The molecule has 0 bridgehead atoms. The van der Waals surface area contributed by atoms with Gasteiger partial charge in [-0.15, -0.1) is 0 Å². The molecule has 3 heteroatoms. The van der Waals surface area contributed by atoms with Crippen LogP contribution in [0.1, 0.15) is 48.2 Å². The van der Waals surface area contributed by atoms with Gasteiger partial charge >= 0.3 is 0 Å². The number of nitrogens with zero attached hydrogens (tertiary/aromatic N) is 1. The number of hydrogen-bond donors (Lipinski definition) is 1. The molecule has 0 aliphatic carbocycles. The van der Waals surface area contributed by atoms with Crippen LogP contribution in [0, 0.1) is 13.8 Å². The van der Waals surface area contributed by atoms with Crippen LogP contribution >= 0.6 is 0 Å². The summed E-state index contributed by atoms with van der Waals surface area (Å²) in [6.45, 7) is 8.05. The van der Waals surface area contributed by atoms with Gasteiger partial charge in [0.25, 0.3) is 5.56 Å². The minimum atomic E-state index is -0.381. The third kappa shape index (κ3) is 2.68. The van der Waals surface area contributed by atoms with Crippen LogP contribution in [0.25, 0.3) is 0 Å². The summed E-state index contributed by atoms with van der Waals surface area (Å²) in [6, 6.07) is 9.64. The molecule has 2 rings (SSSR count). The maximum Gasteiger partial charge on any atom is 0.255 e. The van der Waals surface area contributed by atoms with Crippen molar-refractivity contribution in [2.75, 3.05) is 0 Å². The summed E-state index contributed by atoms with van der Waals surface area (Å²) in [6.07, 6.45) is 1.81. The molecule has 1 aromatic heterocycles.